The molecular weight excluding hydrogens is 617 g/mol. The number of carbonyl (C=O) groups excluding carboxylic acids is 2. The fourth-order valence-electron chi connectivity index (χ4n) is 6.96. The Morgan fingerprint density at radius 3 is 2.35 bits per heavy atom. The van der Waals surface area contributed by atoms with Gasteiger partial charge in [-0.05, 0) is 85.4 Å². The van der Waals surface area contributed by atoms with Crippen molar-refractivity contribution in [3.63, 3.8) is 0 Å². The fraction of sp³-hybridized carbons (Fsp3) is 0.686. The molecule has 2 aliphatic heterocycles. The Kier molecular flexibility index (Phi) is 11.6. The van der Waals surface area contributed by atoms with Gasteiger partial charge in [0.15, 0.2) is 5.82 Å². The number of nitrogens with zero attached hydrogens (tertiary/aromatic N) is 7. The first-order valence-electron chi connectivity index (χ1n) is 17.0. The fourth-order valence-corrected chi connectivity index (χ4v) is 6.96. The van der Waals surface area contributed by atoms with Crippen LogP contribution in [0.1, 0.15) is 85.5 Å². The average molecular weight is 672 g/mol. The average Bonchev–Trinajstić information content (AvgIpc) is 3.41. The number of likely N-dealkylation sites (N-methyl/N-ethyl adjacent to an activating group) is 1. The van der Waals surface area contributed by atoms with E-state index in [2.05, 4.69) is 38.8 Å². The number of aromatic nitrogens is 3. The van der Waals surface area contributed by atoms with Crippen molar-refractivity contribution in [2.75, 3.05) is 44.7 Å². The second-order valence-corrected chi connectivity index (χ2v) is 15.4. The molecule has 12 nitrogen and oxygen atoms in total. The molecule has 1 N–H and O–H groups in total. The highest BCUT2D eigenvalue weighted by Crippen LogP contribution is 2.44. The Bertz CT molecular complexity index is 1420. The minimum atomic E-state index is -0.685. The number of ether oxygens (including phenoxy) is 2. The maximum absolute atomic E-state index is 14.4. The number of halogens is 1. The Balaban J connectivity index is 1.43. The van der Waals surface area contributed by atoms with Crippen LogP contribution in [0.15, 0.2) is 24.5 Å². The molecule has 2 saturated heterocycles. The van der Waals surface area contributed by atoms with E-state index in [1.54, 1.807) is 11.9 Å². The minimum absolute atomic E-state index is 0.0413. The van der Waals surface area contributed by atoms with E-state index in [0.717, 1.165) is 32.6 Å². The molecular formula is C35H54FN7O5. The predicted molar refractivity (Wildman–Crippen MR) is 182 cm³/mol. The van der Waals surface area contributed by atoms with Gasteiger partial charge in [0.1, 0.15) is 23.5 Å². The smallest absolute Gasteiger partial charge is 0.410 e. The zero-order chi connectivity index (χ0) is 35.6. The summed E-state index contributed by atoms with van der Waals surface area (Å²) in [5, 5.41) is 19.1. The molecule has 1 aromatic carbocycles. The predicted octanol–water partition coefficient (Wildman–Crippen LogP) is 5.22. The van der Waals surface area contributed by atoms with Crippen LogP contribution in [0.2, 0.25) is 0 Å². The molecule has 0 aliphatic carbocycles. The first-order chi connectivity index (χ1) is 22.4. The Morgan fingerprint density at radius 1 is 1.08 bits per heavy atom. The highest BCUT2D eigenvalue weighted by atomic mass is 19.1. The molecule has 13 heteroatoms. The van der Waals surface area contributed by atoms with Gasteiger partial charge in [0.2, 0.25) is 0 Å². The zero-order valence-corrected chi connectivity index (χ0v) is 30.2. The summed E-state index contributed by atoms with van der Waals surface area (Å²) < 4.78 is 26.0. The lowest BCUT2D eigenvalue weighted by molar-refractivity contribution is -0.0488. The van der Waals surface area contributed by atoms with Crippen LogP contribution in [0, 0.1) is 17.2 Å². The molecule has 48 heavy (non-hydrogen) atoms. The maximum Gasteiger partial charge on any atom is 0.410 e. The van der Waals surface area contributed by atoms with Crippen molar-refractivity contribution in [2.45, 2.75) is 105 Å². The van der Waals surface area contributed by atoms with Gasteiger partial charge in [0.05, 0.1) is 11.7 Å². The second-order valence-electron chi connectivity index (χ2n) is 15.4. The Labute approximate surface area is 284 Å². The second kappa shape index (κ2) is 14.9. The van der Waals surface area contributed by atoms with Crippen molar-refractivity contribution < 1.29 is 28.6 Å². The van der Waals surface area contributed by atoms with Gasteiger partial charge in [0, 0.05) is 63.3 Å². The first-order valence-corrected chi connectivity index (χ1v) is 17.0. The number of amides is 2. The molecule has 1 aromatic heterocycles. The lowest BCUT2D eigenvalue weighted by Crippen LogP contribution is -2.62. The van der Waals surface area contributed by atoms with Gasteiger partial charge < -0.3 is 29.3 Å². The van der Waals surface area contributed by atoms with Crippen LogP contribution in [0.4, 0.5) is 15.0 Å². The van der Waals surface area contributed by atoms with Crippen LogP contribution in [0.25, 0.3) is 0 Å². The summed E-state index contributed by atoms with van der Waals surface area (Å²) in [4.78, 5) is 38.2. The molecule has 2 fully saturated rings. The molecule has 0 saturated carbocycles. The standard InChI is InChI=1S/C35H54FN7O5/c1-22(2)28(16-26(44)17-40(10)33(46)48-34(7,8)9)42-19-35(20-42)13-14-41(18-35)30-31(39-38-21-37-30)47-29-12-11-25(36)15-27(29)32(45)43(23(3)4)24(5)6/h11-12,15,21-24,26,28,44H,13-14,16-20H2,1-10H3. The van der Waals surface area contributed by atoms with E-state index in [0.29, 0.717) is 18.2 Å². The lowest BCUT2D eigenvalue weighted by Gasteiger charge is -2.53. The van der Waals surface area contributed by atoms with E-state index in [4.69, 9.17) is 9.47 Å². The van der Waals surface area contributed by atoms with Crippen molar-refractivity contribution in [2.24, 2.45) is 11.3 Å². The van der Waals surface area contributed by atoms with Gasteiger partial charge in [-0.15, -0.1) is 10.2 Å². The third kappa shape index (κ3) is 8.90. The first kappa shape index (κ1) is 37.2. The molecule has 2 amide bonds. The van der Waals surface area contributed by atoms with E-state index in [-0.39, 0.29) is 53.2 Å². The number of aliphatic hydroxyl groups excluding tert-OH is 1. The summed E-state index contributed by atoms with van der Waals surface area (Å²) in [6.45, 7) is 20.9. The van der Waals surface area contributed by atoms with E-state index in [1.807, 2.05) is 48.5 Å². The minimum Gasteiger partial charge on any atom is -0.444 e. The summed E-state index contributed by atoms with van der Waals surface area (Å²) in [7, 11) is 1.65. The molecule has 2 unspecified atom stereocenters. The van der Waals surface area contributed by atoms with Crippen molar-refractivity contribution >= 4 is 17.8 Å². The van der Waals surface area contributed by atoms with Crippen LogP contribution >= 0.6 is 0 Å². The van der Waals surface area contributed by atoms with Gasteiger partial charge in [-0.1, -0.05) is 13.8 Å². The lowest BCUT2D eigenvalue weighted by atomic mass is 9.76. The Hall–Kier alpha value is -3.58. The zero-order valence-electron chi connectivity index (χ0n) is 30.2. The van der Waals surface area contributed by atoms with Crippen molar-refractivity contribution in [3.8, 4) is 11.6 Å². The normalized spacial score (nSPS) is 17.5. The van der Waals surface area contributed by atoms with Crippen LogP contribution in [0.3, 0.4) is 0 Å². The molecule has 2 aromatic rings. The highest BCUT2D eigenvalue weighted by Gasteiger charge is 2.50. The van der Waals surface area contributed by atoms with Crippen molar-refractivity contribution in [1.29, 1.82) is 0 Å². The topological polar surface area (TPSA) is 124 Å². The highest BCUT2D eigenvalue weighted by molar-refractivity contribution is 5.97. The monoisotopic (exact) mass is 671 g/mol. The third-order valence-corrected chi connectivity index (χ3v) is 9.05. The quantitative estimate of drug-likeness (QED) is 0.321. The van der Waals surface area contributed by atoms with Crippen LogP contribution in [-0.4, -0.2) is 117 Å². The van der Waals surface area contributed by atoms with Gasteiger partial charge in [-0.25, -0.2) is 14.2 Å². The van der Waals surface area contributed by atoms with Gasteiger partial charge >= 0.3 is 6.09 Å². The van der Waals surface area contributed by atoms with Gasteiger partial charge in [0.25, 0.3) is 11.8 Å². The number of hydrogen-bond donors (Lipinski definition) is 1. The molecule has 0 radical (unpaired) electrons. The number of anilines is 1. The van der Waals surface area contributed by atoms with E-state index >= 15 is 0 Å². The Morgan fingerprint density at radius 2 is 1.75 bits per heavy atom. The molecule has 4 rings (SSSR count). The molecule has 1 spiro atoms. The van der Waals surface area contributed by atoms with Crippen LogP contribution in [0.5, 0.6) is 11.6 Å². The van der Waals surface area contributed by atoms with Crippen LogP contribution in [-0.2, 0) is 4.74 Å². The number of hydrogen-bond acceptors (Lipinski definition) is 10. The summed E-state index contributed by atoms with van der Waals surface area (Å²) in [5.41, 5.74) is -0.446. The van der Waals surface area contributed by atoms with Crippen LogP contribution < -0.4 is 9.64 Å². The largest absolute Gasteiger partial charge is 0.444 e. The van der Waals surface area contributed by atoms with Crippen molar-refractivity contribution in [1.82, 2.24) is 29.9 Å². The van der Waals surface area contributed by atoms with Gasteiger partial charge in [-0.3, -0.25) is 9.69 Å². The summed E-state index contributed by atoms with van der Waals surface area (Å²) in [5.74, 6) is 0.314. The van der Waals surface area contributed by atoms with Gasteiger partial charge in [-0.2, -0.15) is 0 Å². The number of carbonyl (C=O) groups is 2. The molecule has 266 valence electrons. The molecule has 0 bridgehead atoms. The summed E-state index contributed by atoms with van der Waals surface area (Å²) >= 11 is 0. The maximum atomic E-state index is 14.4. The number of aliphatic hydroxyl groups is 1. The number of rotatable bonds is 12. The number of benzene rings is 1. The summed E-state index contributed by atoms with van der Waals surface area (Å²) in [6.07, 6.45) is 1.73. The third-order valence-electron chi connectivity index (χ3n) is 9.05. The van der Waals surface area contributed by atoms with E-state index in [1.165, 1.54) is 29.4 Å². The molecule has 2 aliphatic rings. The number of likely N-dealkylation sites (tertiary alicyclic amines) is 1. The van der Waals surface area contributed by atoms with E-state index in [9.17, 15) is 19.1 Å². The summed E-state index contributed by atoms with van der Waals surface area (Å²) in [6, 6.07) is 3.86. The molecule has 3 heterocycles. The van der Waals surface area contributed by atoms with Crippen molar-refractivity contribution in [3.05, 3.63) is 35.9 Å². The van der Waals surface area contributed by atoms with E-state index < -0.39 is 23.6 Å². The SMILES string of the molecule is CC(C)C(CC(O)CN(C)C(=O)OC(C)(C)C)N1CC2(CCN(c3ncnnc3Oc3ccc(F)cc3C(=O)N(C(C)C)C(C)C)C2)C1. The molecule has 2 atom stereocenters.